The summed E-state index contributed by atoms with van der Waals surface area (Å²) < 4.78 is 5.29. The summed E-state index contributed by atoms with van der Waals surface area (Å²) in [4.78, 5) is 25.6. The van der Waals surface area contributed by atoms with Gasteiger partial charge in [0.25, 0.3) is 0 Å². The zero-order valence-electron chi connectivity index (χ0n) is 13.6. The predicted octanol–water partition coefficient (Wildman–Crippen LogP) is 3.82. The van der Waals surface area contributed by atoms with Crippen molar-refractivity contribution in [3.63, 3.8) is 0 Å². The molecule has 1 N–H and O–H groups in total. The number of amides is 1. The van der Waals surface area contributed by atoms with E-state index in [1.165, 1.54) is 6.92 Å². The third-order valence-electron chi connectivity index (χ3n) is 4.20. The number of carbonyl (C=O) groups is 2. The fraction of sp³-hybridized carbons (Fsp3) is 0.529. The maximum absolute atomic E-state index is 11.9. The molecule has 6 heteroatoms. The monoisotopic (exact) mass is 338 g/mol. The minimum atomic E-state index is -0.491. The second kappa shape index (κ2) is 8.31. The van der Waals surface area contributed by atoms with Crippen molar-refractivity contribution in [2.45, 2.75) is 26.7 Å². The molecule has 126 valence electrons. The zero-order chi connectivity index (χ0) is 16.8. The second-order valence-corrected chi connectivity index (χ2v) is 6.26. The first kappa shape index (κ1) is 17.8. The molecule has 1 fully saturated rings. The number of hydrogen-bond donors (Lipinski definition) is 1. The van der Waals surface area contributed by atoms with Gasteiger partial charge in [-0.05, 0) is 63.5 Å². The SMILES string of the molecule is CCN1CCC(COC(=O)Nc2ccc(C(C)=O)c(Cl)c2)CC1. The third-order valence-corrected chi connectivity index (χ3v) is 4.51. The molecule has 0 unspecified atom stereocenters. The van der Waals surface area contributed by atoms with Crippen LogP contribution in [0.15, 0.2) is 18.2 Å². The minimum Gasteiger partial charge on any atom is -0.449 e. The lowest BCUT2D eigenvalue weighted by atomic mass is 9.98. The molecule has 0 spiro atoms. The Bertz CT molecular complexity index is 569. The number of likely N-dealkylation sites (tertiary alicyclic amines) is 1. The summed E-state index contributed by atoms with van der Waals surface area (Å²) in [7, 11) is 0. The Hall–Kier alpha value is -1.59. The number of anilines is 1. The van der Waals surface area contributed by atoms with E-state index in [1.54, 1.807) is 18.2 Å². The van der Waals surface area contributed by atoms with Crippen LogP contribution < -0.4 is 5.32 Å². The molecule has 1 aromatic carbocycles. The minimum absolute atomic E-state index is 0.109. The number of benzene rings is 1. The highest BCUT2D eigenvalue weighted by Gasteiger charge is 2.19. The van der Waals surface area contributed by atoms with Crippen LogP contribution in [0.1, 0.15) is 37.0 Å². The van der Waals surface area contributed by atoms with Gasteiger partial charge in [0.05, 0.1) is 11.6 Å². The fourth-order valence-corrected chi connectivity index (χ4v) is 3.01. The van der Waals surface area contributed by atoms with E-state index in [-0.39, 0.29) is 5.78 Å². The molecule has 1 aromatic rings. The quantitative estimate of drug-likeness (QED) is 0.829. The average Bonchev–Trinajstić information content (AvgIpc) is 2.53. The molecule has 0 aliphatic carbocycles. The Morgan fingerprint density at radius 1 is 1.35 bits per heavy atom. The molecule has 1 heterocycles. The summed E-state index contributed by atoms with van der Waals surface area (Å²) in [6.45, 7) is 7.25. The lowest BCUT2D eigenvalue weighted by Gasteiger charge is -2.30. The van der Waals surface area contributed by atoms with E-state index < -0.39 is 6.09 Å². The summed E-state index contributed by atoms with van der Waals surface area (Å²) in [5.41, 5.74) is 0.957. The van der Waals surface area contributed by atoms with Crippen LogP contribution >= 0.6 is 11.6 Å². The normalized spacial score (nSPS) is 16.1. The first-order chi connectivity index (χ1) is 11.0. The number of nitrogens with zero attached hydrogens (tertiary/aromatic N) is 1. The van der Waals surface area contributed by atoms with Gasteiger partial charge in [-0.3, -0.25) is 10.1 Å². The van der Waals surface area contributed by atoms with E-state index in [9.17, 15) is 9.59 Å². The average molecular weight is 339 g/mol. The number of halogens is 1. The van der Waals surface area contributed by atoms with E-state index in [0.717, 1.165) is 32.5 Å². The number of rotatable bonds is 5. The largest absolute Gasteiger partial charge is 0.449 e. The Morgan fingerprint density at radius 2 is 2.04 bits per heavy atom. The lowest BCUT2D eigenvalue weighted by molar-refractivity contribution is 0.101. The number of ketones is 1. The summed E-state index contributed by atoms with van der Waals surface area (Å²) in [6.07, 6.45) is 1.62. The van der Waals surface area contributed by atoms with Gasteiger partial charge in [0.15, 0.2) is 5.78 Å². The van der Waals surface area contributed by atoms with Crippen molar-refractivity contribution in [3.8, 4) is 0 Å². The number of piperidine rings is 1. The van der Waals surface area contributed by atoms with Gasteiger partial charge in [-0.1, -0.05) is 18.5 Å². The van der Waals surface area contributed by atoms with E-state index in [4.69, 9.17) is 16.3 Å². The van der Waals surface area contributed by atoms with Gasteiger partial charge in [0.1, 0.15) is 0 Å². The van der Waals surface area contributed by atoms with Crippen molar-refractivity contribution >= 4 is 29.2 Å². The molecule has 5 nitrogen and oxygen atoms in total. The molecule has 0 radical (unpaired) electrons. The summed E-state index contributed by atoms with van der Waals surface area (Å²) >= 11 is 6.02. The lowest BCUT2D eigenvalue weighted by Crippen LogP contribution is -2.35. The highest BCUT2D eigenvalue weighted by atomic mass is 35.5. The number of carbonyl (C=O) groups excluding carboxylic acids is 2. The Kier molecular flexibility index (Phi) is 6.42. The van der Waals surface area contributed by atoms with Crippen molar-refractivity contribution in [1.82, 2.24) is 4.90 Å². The zero-order valence-corrected chi connectivity index (χ0v) is 14.4. The van der Waals surface area contributed by atoms with Crippen LogP contribution in [-0.4, -0.2) is 43.0 Å². The Morgan fingerprint density at radius 3 is 2.61 bits per heavy atom. The molecule has 0 atom stereocenters. The van der Waals surface area contributed by atoms with Gasteiger partial charge >= 0.3 is 6.09 Å². The predicted molar refractivity (Wildman–Crippen MR) is 91.3 cm³/mol. The first-order valence-corrected chi connectivity index (χ1v) is 8.34. The molecule has 1 aliphatic heterocycles. The topological polar surface area (TPSA) is 58.6 Å². The van der Waals surface area contributed by atoms with Crippen LogP contribution in [0.2, 0.25) is 5.02 Å². The smallest absolute Gasteiger partial charge is 0.411 e. The van der Waals surface area contributed by atoms with Crippen LogP contribution in [0.3, 0.4) is 0 Å². The Labute approximate surface area is 141 Å². The number of hydrogen-bond acceptors (Lipinski definition) is 4. The van der Waals surface area contributed by atoms with Gasteiger partial charge in [0, 0.05) is 11.3 Å². The highest BCUT2D eigenvalue weighted by molar-refractivity contribution is 6.34. The molecular formula is C17H23ClN2O3. The molecular weight excluding hydrogens is 316 g/mol. The standard InChI is InChI=1S/C17H23ClN2O3/c1-3-20-8-6-13(7-9-20)11-23-17(22)19-14-4-5-15(12(2)21)16(18)10-14/h4-5,10,13H,3,6-9,11H2,1-2H3,(H,19,22). The van der Waals surface area contributed by atoms with E-state index in [1.807, 2.05) is 0 Å². The van der Waals surface area contributed by atoms with Crippen molar-refractivity contribution in [2.24, 2.45) is 5.92 Å². The van der Waals surface area contributed by atoms with E-state index in [0.29, 0.717) is 28.8 Å². The van der Waals surface area contributed by atoms with E-state index in [2.05, 4.69) is 17.1 Å². The molecule has 0 aromatic heterocycles. The molecule has 1 amide bonds. The van der Waals surface area contributed by atoms with Gasteiger partial charge in [-0.15, -0.1) is 0 Å². The number of Topliss-reactive ketones (excluding diaryl/α,β-unsaturated/α-hetero) is 1. The van der Waals surface area contributed by atoms with Gasteiger partial charge < -0.3 is 9.64 Å². The highest BCUT2D eigenvalue weighted by Crippen LogP contribution is 2.22. The molecule has 0 saturated carbocycles. The van der Waals surface area contributed by atoms with Crippen molar-refractivity contribution in [2.75, 3.05) is 31.6 Å². The van der Waals surface area contributed by atoms with Crippen molar-refractivity contribution < 1.29 is 14.3 Å². The number of nitrogens with one attached hydrogen (secondary N) is 1. The van der Waals surface area contributed by atoms with Crippen molar-refractivity contribution in [3.05, 3.63) is 28.8 Å². The second-order valence-electron chi connectivity index (χ2n) is 5.85. The summed E-state index contributed by atoms with van der Waals surface area (Å²) in [5, 5.41) is 2.96. The molecule has 1 saturated heterocycles. The molecule has 23 heavy (non-hydrogen) atoms. The third kappa shape index (κ3) is 5.22. The van der Waals surface area contributed by atoms with Gasteiger partial charge in [-0.25, -0.2) is 4.79 Å². The van der Waals surface area contributed by atoms with Crippen LogP contribution in [0.4, 0.5) is 10.5 Å². The summed E-state index contributed by atoms with van der Waals surface area (Å²) in [6, 6.07) is 4.80. The van der Waals surface area contributed by atoms with Crippen LogP contribution in [-0.2, 0) is 4.74 Å². The first-order valence-electron chi connectivity index (χ1n) is 7.96. The maximum atomic E-state index is 11.9. The Balaban J connectivity index is 1.79. The maximum Gasteiger partial charge on any atom is 0.411 e. The molecule has 2 rings (SSSR count). The summed E-state index contributed by atoms with van der Waals surface area (Å²) in [5.74, 6) is 0.315. The molecule has 0 bridgehead atoms. The van der Waals surface area contributed by atoms with Crippen LogP contribution in [0, 0.1) is 5.92 Å². The number of ether oxygens (including phenoxy) is 1. The molecule has 1 aliphatic rings. The van der Waals surface area contributed by atoms with Crippen molar-refractivity contribution in [1.29, 1.82) is 0 Å². The van der Waals surface area contributed by atoms with Crippen LogP contribution in [0.5, 0.6) is 0 Å². The fourth-order valence-electron chi connectivity index (χ4n) is 2.70. The van der Waals surface area contributed by atoms with E-state index >= 15 is 0 Å². The van der Waals surface area contributed by atoms with Gasteiger partial charge in [-0.2, -0.15) is 0 Å². The van der Waals surface area contributed by atoms with Crippen LogP contribution in [0.25, 0.3) is 0 Å². The van der Waals surface area contributed by atoms with Gasteiger partial charge in [0.2, 0.25) is 0 Å².